The molecule has 3 atom stereocenters. The molecule has 2 fully saturated rings. The number of amides is 2. The van der Waals surface area contributed by atoms with E-state index in [4.69, 9.17) is 21.1 Å². The van der Waals surface area contributed by atoms with E-state index in [-0.39, 0.29) is 28.3 Å². The number of benzene rings is 3. The molecule has 3 aliphatic rings. The molecular weight excluding hydrogens is 516 g/mol. The van der Waals surface area contributed by atoms with Crippen molar-refractivity contribution < 1.29 is 33.6 Å². The van der Waals surface area contributed by atoms with Gasteiger partial charge in [-0.3, -0.25) is 29.3 Å². The number of Topliss-reactive ketones (excluding diaryl/α,β-unsaturated/α-hetero) is 2. The van der Waals surface area contributed by atoms with Crippen LogP contribution in [0.2, 0.25) is 5.02 Å². The van der Waals surface area contributed by atoms with Crippen molar-refractivity contribution in [2.45, 2.75) is 11.7 Å². The van der Waals surface area contributed by atoms with E-state index >= 15 is 0 Å². The standard InChI is InChI=1S/C27H17ClN2O8/c1-37-19-12-15(30(35)36)10-11-18(19)29-25(33)20-21(26(29)34)27(38-22(20)13-6-8-14(28)9-7-13)23(31)16-4-2-3-5-17(16)24(27)32/h2-12,20-22H,1H3/t20-,21+,22-/m0/s1. The topological polar surface area (TPSA) is 133 Å². The number of non-ortho nitro benzene ring substituents is 1. The molecule has 10 nitrogen and oxygen atoms in total. The van der Waals surface area contributed by atoms with Crippen molar-refractivity contribution in [3.63, 3.8) is 0 Å². The SMILES string of the molecule is COc1cc([N+](=O)[O-])ccc1N1C(=O)[C@@H]2[C@H](c3ccc(Cl)cc3)OC3(C(=O)c4ccccc4C3=O)[C@H]2C1=O. The maximum absolute atomic E-state index is 14.0. The smallest absolute Gasteiger partial charge is 0.273 e. The number of hydrogen-bond donors (Lipinski definition) is 0. The van der Waals surface area contributed by atoms with Crippen LogP contribution in [-0.2, 0) is 14.3 Å². The third-order valence-electron chi connectivity index (χ3n) is 7.33. The van der Waals surface area contributed by atoms with Crippen LogP contribution in [-0.4, -0.2) is 41.0 Å². The zero-order chi connectivity index (χ0) is 26.9. The minimum absolute atomic E-state index is 0.0390. The Morgan fingerprint density at radius 3 is 2.16 bits per heavy atom. The maximum Gasteiger partial charge on any atom is 0.273 e. The molecule has 3 aromatic rings. The predicted octanol–water partition coefficient (Wildman–Crippen LogP) is 3.95. The summed E-state index contributed by atoms with van der Waals surface area (Å²) in [7, 11) is 1.25. The maximum atomic E-state index is 14.0. The Hall–Kier alpha value is -4.41. The van der Waals surface area contributed by atoms with Gasteiger partial charge in [0.1, 0.15) is 5.75 Å². The van der Waals surface area contributed by atoms with Crippen LogP contribution in [0.1, 0.15) is 32.4 Å². The van der Waals surface area contributed by atoms with Crippen molar-refractivity contribution in [1.29, 1.82) is 0 Å². The molecule has 2 amide bonds. The van der Waals surface area contributed by atoms with E-state index in [2.05, 4.69) is 0 Å². The highest BCUT2D eigenvalue weighted by atomic mass is 35.5. The molecule has 3 aromatic carbocycles. The van der Waals surface area contributed by atoms with Gasteiger partial charge in [-0.05, 0) is 23.8 Å². The molecule has 0 aromatic heterocycles. The van der Waals surface area contributed by atoms with Gasteiger partial charge in [0.25, 0.3) is 5.69 Å². The highest BCUT2D eigenvalue weighted by Gasteiger charge is 2.74. The fourth-order valence-electron chi connectivity index (χ4n) is 5.67. The molecule has 0 unspecified atom stereocenters. The average molecular weight is 533 g/mol. The van der Waals surface area contributed by atoms with Crippen molar-refractivity contribution in [2.24, 2.45) is 11.8 Å². The van der Waals surface area contributed by atoms with Crippen LogP contribution < -0.4 is 9.64 Å². The lowest BCUT2D eigenvalue weighted by molar-refractivity contribution is -0.384. The fraction of sp³-hybridized carbons (Fsp3) is 0.185. The van der Waals surface area contributed by atoms with Crippen LogP contribution in [0, 0.1) is 22.0 Å². The number of methoxy groups -OCH3 is 1. The van der Waals surface area contributed by atoms with Crippen LogP contribution in [0.5, 0.6) is 5.75 Å². The number of anilines is 1. The van der Waals surface area contributed by atoms with Gasteiger partial charge in [-0.15, -0.1) is 0 Å². The molecule has 0 saturated carbocycles. The normalized spacial score (nSPS) is 23.2. The van der Waals surface area contributed by atoms with Gasteiger partial charge in [-0.25, -0.2) is 4.90 Å². The van der Waals surface area contributed by atoms with Crippen molar-refractivity contribution in [2.75, 3.05) is 12.0 Å². The first-order valence-corrected chi connectivity index (χ1v) is 11.9. The van der Waals surface area contributed by atoms with Gasteiger partial charge in [-0.2, -0.15) is 0 Å². The van der Waals surface area contributed by atoms with Crippen LogP contribution in [0.3, 0.4) is 0 Å². The predicted molar refractivity (Wildman–Crippen MR) is 132 cm³/mol. The number of rotatable bonds is 4. The van der Waals surface area contributed by atoms with E-state index < -0.39 is 51.8 Å². The molecule has 11 heteroatoms. The first kappa shape index (κ1) is 24.0. The summed E-state index contributed by atoms with van der Waals surface area (Å²) in [5.74, 6) is -5.73. The fourth-order valence-corrected chi connectivity index (χ4v) is 5.80. The van der Waals surface area contributed by atoms with E-state index in [1.807, 2.05) is 0 Å². The molecular formula is C27H17ClN2O8. The van der Waals surface area contributed by atoms with Gasteiger partial charge < -0.3 is 9.47 Å². The molecule has 0 bridgehead atoms. The molecule has 0 N–H and O–H groups in total. The van der Waals surface area contributed by atoms with Crippen molar-refractivity contribution >= 4 is 46.4 Å². The molecule has 2 saturated heterocycles. The van der Waals surface area contributed by atoms with Gasteiger partial charge in [0.15, 0.2) is 0 Å². The average Bonchev–Trinajstić information content (AvgIpc) is 3.48. The zero-order valence-corrected chi connectivity index (χ0v) is 20.4. The van der Waals surface area contributed by atoms with Gasteiger partial charge in [0.2, 0.25) is 29.0 Å². The molecule has 6 rings (SSSR count). The Bertz CT molecular complexity index is 1550. The van der Waals surface area contributed by atoms with Crippen molar-refractivity contribution in [1.82, 2.24) is 0 Å². The second-order valence-corrected chi connectivity index (χ2v) is 9.59. The number of ether oxygens (including phenoxy) is 2. The molecule has 1 spiro atoms. The number of hydrogen-bond acceptors (Lipinski definition) is 8. The first-order chi connectivity index (χ1) is 18.2. The van der Waals surface area contributed by atoms with Crippen molar-refractivity contribution in [3.05, 3.63) is 98.6 Å². The molecule has 190 valence electrons. The summed E-state index contributed by atoms with van der Waals surface area (Å²) in [5.41, 5.74) is -1.91. The lowest BCUT2D eigenvalue weighted by Gasteiger charge is -2.27. The number of imide groups is 1. The Balaban J connectivity index is 1.54. The Labute approximate surface area is 219 Å². The number of carbonyl (C=O) groups excluding carboxylic acids is 4. The second kappa shape index (κ2) is 8.30. The van der Waals surface area contributed by atoms with Crippen LogP contribution >= 0.6 is 11.6 Å². The molecule has 2 heterocycles. The lowest BCUT2D eigenvalue weighted by atomic mass is 9.77. The Morgan fingerprint density at radius 2 is 1.58 bits per heavy atom. The number of halogens is 1. The van der Waals surface area contributed by atoms with E-state index in [1.54, 1.807) is 36.4 Å². The summed E-state index contributed by atoms with van der Waals surface area (Å²) < 4.78 is 11.5. The largest absolute Gasteiger partial charge is 0.494 e. The third kappa shape index (κ3) is 3.04. The molecule has 2 aliphatic heterocycles. The summed E-state index contributed by atoms with van der Waals surface area (Å²) in [6.07, 6.45) is -1.12. The molecule has 1 aliphatic carbocycles. The Morgan fingerprint density at radius 1 is 0.947 bits per heavy atom. The molecule has 38 heavy (non-hydrogen) atoms. The Kier molecular flexibility index (Phi) is 5.23. The van der Waals surface area contributed by atoms with E-state index in [9.17, 15) is 29.3 Å². The number of nitro groups is 1. The van der Waals surface area contributed by atoms with Crippen LogP contribution in [0.25, 0.3) is 0 Å². The summed E-state index contributed by atoms with van der Waals surface area (Å²) in [6.45, 7) is 0. The summed E-state index contributed by atoms with van der Waals surface area (Å²) in [5, 5.41) is 11.7. The van der Waals surface area contributed by atoms with Crippen molar-refractivity contribution in [3.8, 4) is 5.75 Å². The summed E-state index contributed by atoms with van der Waals surface area (Å²) >= 11 is 6.04. The zero-order valence-electron chi connectivity index (χ0n) is 19.6. The summed E-state index contributed by atoms with van der Waals surface area (Å²) in [4.78, 5) is 67.0. The highest BCUT2D eigenvalue weighted by Crippen LogP contribution is 2.58. The quantitative estimate of drug-likeness (QED) is 0.213. The number of nitro benzene ring substituents is 1. The van der Waals surface area contributed by atoms with E-state index in [0.717, 1.165) is 17.0 Å². The monoisotopic (exact) mass is 532 g/mol. The number of nitrogens with zero attached hydrogens (tertiary/aromatic N) is 2. The van der Waals surface area contributed by atoms with Crippen LogP contribution in [0.15, 0.2) is 66.7 Å². The molecule has 0 radical (unpaired) electrons. The van der Waals surface area contributed by atoms with E-state index in [0.29, 0.717) is 10.6 Å². The van der Waals surface area contributed by atoms with Gasteiger partial charge >= 0.3 is 0 Å². The first-order valence-electron chi connectivity index (χ1n) is 11.5. The second-order valence-electron chi connectivity index (χ2n) is 9.16. The number of ketones is 2. The van der Waals surface area contributed by atoms with Gasteiger partial charge in [-0.1, -0.05) is 48.0 Å². The third-order valence-corrected chi connectivity index (χ3v) is 7.58. The number of fused-ring (bicyclic) bond motifs is 3. The lowest BCUT2D eigenvalue weighted by Crippen LogP contribution is -2.51. The van der Waals surface area contributed by atoms with E-state index in [1.165, 1.54) is 25.3 Å². The number of carbonyl (C=O) groups is 4. The van der Waals surface area contributed by atoms with Crippen LogP contribution in [0.4, 0.5) is 11.4 Å². The highest BCUT2D eigenvalue weighted by molar-refractivity contribution is 6.37. The minimum Gasteiger partial charge on any atom is -0.494 e. The summed E-state index contributed by atoms with van der Waals surface area (Å²) in [6, 6.07) is 16.0. The minimum atomic E-state index is -2.24. The van der Waals surface area contributed by atoms with Gasteiger partial charge in [0.05, 0.1) is 41.7 Å². The van der Waals surface area contributed by atoms with Gasteiger partial charge in [0, 0.05) is 22.2 Å².